The second-order valence-electron chi connectivity index (χ2n) is 3.68. The summed E-state index contributed by atoms with van der Waals surface area (Å²) < 4.78 is 3.02. The van der Waals surface area contributed by atoms with Crippen molar-refractivity contribution in [3.63, 3.8) is 0 Å². The Hall–Kier alpha value is 0.270. The molecule has 0 unspecified atom stereocenters. The second-order valence-corrected chi connectivity index (χ2v) is 7.98. The van der Waals surface area contributed by atoms with Gasteiger partial charge in [0.2, 0.25) is 0 Å². The average Bonchev–Trinajstić information content (AvgIpc) is 2.65. The molecule has 0 bridgehead atoms. The smallest absolute Gasteiger partial charge is 0.172 e. The van der Waals surface area contributed by atoms with E-state index in [-0.39, 0.29) is 0 Å². The van der Waals surface area contributed by atoms with E-state index in [0.29, 0.717) is 11.6 Å². The Labute approximate surface area is 140 Å². The van der Waals surface area contributed by atoms with E-state index in [1.807, 2.05) is 6.07 Å². The van der Waals surface area contributed by atoms with Crippen LogP contribution in [0, 0.1) is 3.57 Å². The Morgan fingerprint density at radius 1 is 1.39 bits per heavy atom. The first-order valence-corrected chi connectivity index (χ1v) is 8.78. The predicted octanol–water partition coefficient (Wildman–Crippen LogP) is 4.87. The molecule has 7 heteroatoms. The van der Waals surface area contributed by atoms with Gasteiger partial charge in [-0.2, -0.15) is 0 Å². The lowest BCUT2D eigenvalue weighted by atomic mass is 10.2. The van der Waals surface area contributed by atoms with Gasteiger partial charge in [0.1, 0.15) is 5.82 Å². The first kappa shape index (κ1) is 14.7. The zero-order valence-electron chi connectivity index (χ0n) is 9.51. The summed E-state index contributed by atoms with van der Waals surface area (Å²) in [5.41, 5.74) is 6.99. The number of aryl methyl sites for hydroxylation is 1. The number of aromatic nitrogens is 2. The van der Waals surface area contributed by atoms with Crippen LogP contribution in [0.1, 0.15) is 19.0 Å². The molecule has 0 fully saturated rings. The van der Waals surface area contributed by atoms with Crippen molar-refractivity contribution in [2.75, 3.05) is 5.73 Å². The lowest BCUT2D eigenvalue weighted by Gasteiger charge is -2.06. The van der Waals surface area contributed by atoms with E-state index < -0.39 is 0 Å². The second kappa shape index (κ2) is 6.15. The number of hydrogen-bond donors (Lipinski definition) is 1. The van der Waals surface area contributed by atoms with Gasteiger partial charge in [-0.15, -0.1) is 11.3 Å². The molecule has 0 aliphatic heterocycles. The van der Waals surface area contributed by atoms with Crippen LogP contribution in [0.25, 0.3) is 10.7 Å². The van der Waals surface area contributed by atoms with Gasteiger partial charge < -0.3 is 5.73 Å². The van der Waals surface area contributed by atoms with Gasteiger partial charge in [-0.05, 0) is 66.9 Å². The molecule has 2 rings (SSSR count). The Balaban J connectivity index is 2.51. The van der Waals surface area contributed by atoms with E-state index in [1.54, 1.807) is 11.3 Å². The standard InChI is InChI=1S/C11H10Br2IN3S/c1-2-3-6-8(14)10(15)17-11(16-6)7-4-5(12)9(13)18-7/h4H,2-3H2,1H3,(H2,15,16,17). The molecule has 0 saturated heterocycles. The van der Waals surface area contributed by atoms with Gasteiger partial charge in [0, 0.05) is 4.47 Å². The molecule has 0 radical (unpaired) electrons. The zero-order valence-corrected chi connectivity index (χ0v) is 15.7. The topological polar surface area (TPSA) is 51.8 Å². The highest BCUT2D eigenvalue weighted by Crippen LogP contribution is 2.37. The lowest BCUT2D eigenvalue weighted by molar-refractivity contribution is 0.870. The van der Waals surface area contributed by atoms with Gasteiger partial charge in [-0.3, -0.25) is 0 Å². The Morgan fingerprint density at radius 2 is 2.11 bits per heavy atom. The van der Waals surface area contributed by atoms with Gasteiger partial charge in [0.25, 0.3) is 0 Å². The highest BCUT2D eigenvalue weighted by molar-refractivity contribution is 14.1. The molecule has 18 heavy (non-hydrogen) atoms. The Bertz CT molecular complexity index is 566. The molecule has 2 aromatic heterocycles. The van der Waals surface area contributed by atoms with E-state index in [1.165, 1.54) is 0 Å². The van der Waals surface area contributed by atoms with Crippen LogP contribution in [0.2, 0.25) is 0 Å². The highest BCUT2D eigenvalue weighted by Gasteiger charge is 2.14. The lowest BCUT2D eigenvalue weighted by Crippen LogP contribution is -2.04. The molecular weight excluding hydrogens is 493 g/mol. The van der Waals surface area contributed by atoms with Crippen LogP contribution in [0.5, 0.6) is 0 Å². The monoisotopic (exact) mass is 501 g/mol. The molecule has 0 aliphatic rings. The summed E-state index contributed by atoms with van der Waals surface area (Å²) in [5, 5.41) is 0. The van der Waals surface area contributed by atoms with Crippen molar-refractivity contribution in [2.24, 2.45) is 0 Å². The average molecular weight is 503 g/mol. The van der Waals surface area contributed by atoms with Crippen molar-refractivity contribution >= 4 is 71.6 Å². The van der Waals surface area contributed by atoms with Crippen LogP contribution in [0.4, 0.5) is 5.82 Å². The minimum Gasteiger partial charge on any atom is -0.383 e. The van der Waals surface area contributed by atoms with Gasteiger partial charge in [-0.1, -0.05) is 13.3 Å². The molecule has 2 aromatic rings. The summed E-state index contributed by atoms with van der Waals surface area (Å²) >= 11 is 10.8. The molecule has 0 atom stereocenters. The summed E-state index contributed by atoms with van der Waals surface area (Å²) in [6.07, 6.45) is 1.97. The summed E-state index contributed by atoms with van der Waals surface area (Å²) in [4.78, 5) is 9.99. The van der Waals surface area contributed by atoms with Crippen LogP contribution in [-0.4, -0.2) is 9.97 Å². The summed E-state index contributed by atoms with van der Waals surface area (Å²) in [6.45, 7) is 2.13. The van der Waals surface area contributed by atoms with E-state index >= 15 is 0 Å². The summed E-state index contributed by atoms with van der Waals surface area (Å²) in [6, 6.07) is 2.01. The molecule has 2 heterocycles. The number of nitrogens with zero attached hydrogens (tertiary/aromatic N) is 2. The molecule has 2 N–H and O–H groups in total. The maximum absolute atomic E-state index is 5.96. The number of anilines is 1. The van der Waals surface area contributed by atoms with E-state index in [0.717, 1.165) is 35.2 Å². The molecule has 0 aliphatic carbocycles. The Morgan fingerprint density at radius 3 is 2.67 bits per heavy atom. The van der Waals surface area contributed by atoms with Crippen molar-refractivity contribution in [2.45, 2.75) is 19.8 Å². The quantitative estimate of drug-likeness (QED) is 0.609. The molecule has 96 valence electrons. The maximum atomic E-state index is 5.96. The van der Waals surface area contributed by atoms with Gasteiger partial charge in [-0.25, -0.2) is 9.97 Å². The van der Waals surface area contributed by atoms with Gasteiger partial charge in [0.05, 0.1) is 17.9 Å². The SMILES string of the molecule is CCCc1nc(-c2cc(Br)c(Br)s2)nc(N)c1I. The van der Waals surface area contributed by atoms with Crippen LogP contribution in [0.15, 0.2) is 14.3 Å². The van der Waals surface area contributed by atoms with Crippen molar-refractivity contribution in [1.82, 2.24) is 9.97 Å². The molecular formula is C11H10Br2IN3S. The van der Waals surface area contributed by atoms with Crippen molar-refractivity contribution in [3.8, 4) is 10.7 Å². The number of hydrogen-bond acceptors (Lipinski definition) is 4. The Kier molecular flexibility index (Phi) is 5.01. The van der Waals surface area contributed by atoms with Crippen LogP contribution < -0.4 is 5.73 Å². The fourth-order valence-electron chi connectivity index (χ4n) is 1.48. The minimum atomic E-state index is 0.560. The van der Waals surface area contributed by atoms with Crippen molar-refractivity contribution in [3.05, 3.63) is 23.6 Å². The molecule has 0 spiro atoms. The molecule has 0 amide bonds. The first-order chi connectivity index (χ1) is 8.52. The first-order valence-electron chi connectivity index (χ1n) is 5.30. The minimum absolute atomic E-state index is 0.560. The number of nitrogen functional groups attached to an aromatic ring is 1. The third kappa shape index (κ3) is 3.05. The number of rotatable bonds is 3. The van der Waals surface area contributed by atoms with E-state index in [4.69, 9.17) is 5.73 Å². The van der Waals surface area contributed by atoms with E-state index in [2.05, 4.69) is 71.3 Å². The van der Waals surface area contributed by atoms with Crippen LogP contribution >= 0.6 is 65.8 Å². The largest absolute Gasteiger partial charge is 0.383 e. The third-order valence-electron chi connectivity index (χ3n) is 2.30. The maximum Gasteiger partial charge on any atom is 0.172 e. The van der Waals surface area contributed by atoms with Gasteiger partial charge >= 0.3 is 0 Å². The van der Waals surface area contributed by atoms with Crippen LogP contribution in [0.3, 0.4) is 0 Å². The highest BCUT2D eigenvalue weighted by atomic mass is 127. The number of thiophene rings is 1. The fourth-order valence-corrected chi connectivity index (χ4v) is 3.96. The normalized spacial score (nSPS) is 10.9. The van der Waals surface area contributed by atoms with Crippen molar-refractivity contribution in [1.29, 1.82) is 0 Å². The summed E-state index contributed by atoms with van der Waals surface area (Å²) in [7, 11) is 0. The third-order valence-corrected chi connectivity index (χ3v) is 6.73. The van der Waals surface area contributed by atoms with Crippen molar-refractivity contribution < 1.29 is 0 Å². The molecule has 3 nitrogen and oxygen atoms in total. The zero-order chi connectivity index (χ0) is 13.3. The summed E-state index contributed by atoms with van der Waals surface area (Å²) in [5.74, 6) is 1.26. The van der Waals surface area contributed by atoms with Crippen LogP contribution in [-0.2, 0) is 6.42 Å². The molecule has 0 saturated carbocycles. The van der Waals surface area contributed by atoms with E-state index in [9.17, 15) is 0 Å². The number of nitrogens with two attached hydrogens (primary N) is 1. The molecule has 0 aromatic carbocycles. The fraction of sp³-hybridized carbons (Fsp3) is 0.273. The number of halogens is 3. The predicted molar refractivity (Wildman–Crippen MR) is 91.9 cm³/mol. The van der Waals surface area contributed by atoms with Gasteiger partial charge in [0.15, 0.2) is 5.82 Å².